The number of carbonyl (C=O) groups excluding carboxylic acids is 1. The van der Waals surface area contributed by atoms with Gasteiger partial charge in [-0.1, -0.05) is 34.1 Å². The first-order valence-electron chi connectivity index (χ1n) is 6.18. The third-order valence-corrected chi connectivity index (χ3v) is 4.00. The van der Waals surface area contributed by atoms with E-state index in [0.29, 0.717) is 11.3 Å². The largest absolute Gasteiger partial charge is 0.318 e. The fourth-order valence-corrected chi connectivity index (χ4v) is 2.71. The lowest BCUT2D eigenvalue weighted by molar-refractivity contribution is -0.126. The van der Waals surface area contributed by atoms with Crippen LogP contribution in [0.15, 0.2) is 53.0 Å². The minimum absolute atomic E-state index is 0.194. The van der Waals surface area contributed by atoms with Crippen LogP contribution in [0.4, 0.5) is 10.1 Å². The number of amides is 1. The highest BCUT2D eigenvalue weighted by Crippen LogP contribution is 2.39. The van der Waals surface area contributed by atoms with Crippen LogP contribution in [-0.4, -0.2) is 11.9 Å². The van der Waals surface area contributed by atoms with Gasteiger partial charge in [0.1, 0.15) is 11.9 Å². The first-order chi connectivity index (χ1) is 9.59. The molecular formula is C15H12BrFN2O. The molecule has 1 fully saturated rings. The van der Waals surface area contributed by atoms with Gasteiger partial charge in [0.2, 0.25) is 5.91 Å². The van der Waals surface area contributed by atoms with Crippen molar-refractivity contribution in [2.75, 3.05) is 4.90 Å². The Bertz CT molecular complexity index is 659. The molecule has 0 bridgehead atoms. The third-order valence-electron chi connectivity index (χ3n) is 3.47. The molecule has 1 amide bonds. The van der Waals surface area contributed by atoms with Crippen molar-refractivity contribution in [3.63, 3.8) is 0 Å². The highest BCUT2D eigenvalue weighted by atomic mass is 79.9. The van der Waals surface area contributed by atoms with Gasteiger partial charge in [0, 0.05) is 15.7 Å². The Kier molecular flexibility index (Phi) is 3.31. The summed E-state index contributed by atoms with van der Waals surface area (Å²) in [6, 6.07) is 12.5. The molecule has 2 aromatic carbocycles. The Hall–Kier alpha value is -1.72. The number of rotatable bonds is 2. The van der Waals surface area contributed by atoms with Crippen molar-refractivity contribution in [1.29, 1.82) is 0 Å². The first kappa shape index (κ1) is 13.3. The maximum Gasteiger partial charge on any atom is 0.247 e. The molecule has 0 aliphatic carbocycles. The van der Waals surface area contributed by atoms with Crippen LogP contribution in [0.25, 0.3) is 0 Å². The van der Waals surface area contributed by atoms with Gasteiger partial charge in [0.25, 0.3) is 0 Å². The lowest BCUT2D eigenvalue weighted by atomic mass is 9.88. The molecule has 5 heteroatoms. The average Bonchev–Trinajstić information content (AvgIpc) is 2.46. The number of β-lactam (4-membered cyclic amide) rings is 1. The standard InChI is InChI=1S/C15H12BrFN2O/c16-9-5-7-10(8-6-9)19-14(13(18)15(19)20)11-3-1-2-4-12(11)17/h1-8,13-14H,18H2. The molecule has 2 aromatic rings. The fourth-order valence-electron chi connectivity index (χ4n) is 2.45. The van der Waals surface area contributed by atoms with Crippen molar-refractivity contribution in [3.05, 3.63) is 64.4 Å². The van der Waals surface area contributed by atoms with Crippen LogP contribution in [0, 0.1) is 5.82 Å². The van der Waals surface area contributed by atoms with E-state index >= 15 is 0 Å². The number of hydrogen-bond donors (Lipinski definition) is 1. The van der Waals surface area contributed by atoms with Crippen LogP contribution in [-0.2, 0) is 4.79 Å². The number of halogens is 2. The lowest BCUT2D eigenvalue weighted by Crippen LogP contribution is -2.63. The van der Waals surface area contributed by atoms with E-state index in [9.17, 15) is 9.18 Å². The van der Waals surface area contributed by atoms with Gasteiger partial charge >= 0.3 is 0 Å². The molecule has 1 heterocycles. The summed E-state index contributed by atoms with van der Waals surface area (Å²) in [4.78, 5) is 13.5. The predicted molar refractivity (Wildman–Crippen MR) is 78.7 cm³/mol. The van der Waals surface area contributed by atoms with E-state index < -0.39 is 12.1 Å². The zero-order valence-corrected chi connectivity index (χ0v) is 12.0. The van der Waals surface area contributed by atoms with Crippen LogP contribution in [0.5, 0.6) is 0 Å². The molecule has 2 atom stereocenters. The van der Waals surface area contributed by atoms with Gasteiger partial charge in [-0.3, -0.25) is 4.79 Å². The molecule has 1 aliphatic heterocycles. The Morgan fingerprint density at radius 1 is 1.10 bits per heavy atom. The Labute approximate surface area is 124 Å². The van der Waals surface area contributed by atoms with E-state index in [4.69, 9.17) is 5.73 Å². The fraction of sp³-hybridized carbons (Fsp3) is 0.133. The summed E-state index contributed by atoms with van der Waals surface area (Å²) in [6.45, 7) is 0. The number of carbonyl (C=O) groups is 1. The van der Waals surface area contributed by atoms with Gasteiger partial charge in [-0.25, -0.2) is 4.39 Å². The molecule has 0 spiro atoms. The summed E-state index contributed by atoms with van der Waals surface area (Å²) < 4.78 is 14.8. The zero-order valence-electron chi connectivity index (χ0n) is 10.5. The molecule has 0 saturated carbocycles. The smallest absolute Gasteiger partial charge is 0.247 e. The molecule has 2 N–H and O–H groups in total. The second-order valence-electron chi connectivity index (χ2n) is 4.68. The molecule has 3 rings (SSSR count). The average molecular weight is 335 g/mol. The van der Waals surface area contributed by atoms with Crippen molar-refractivity contribution in [1.82, 2.24) is 0 Å². The normalized spacial score (nSPS) is 21.8. The molecular weight excluding hydrogens is 323 g/mol. The van der Waals surface area contributed by atoms with Crippen LogP contribution in [0.3, 0.4) is 0 Å². The number of nitrogens with zero attached hydrogens (tertiary/aromatic N) is 1. The number of hydrogen-bond acceptors (Lipinski definition) is 2. The highest BCUT2D eigenvalue weighted by molar-refractivity contribution is 9.10. The summed E-state index contributed by atoms with van der Waals surface area (Å²) in [5, 5.41) is 0. The minimum Gasteiger partial charge on any atom is -0.318 e. The van der Waals surface area contributed by atoms with Crippen LogP contribution < -0.4 is 10.6 Å². The maximum atomic E-state index is 13.9. The van der Waals surface area contributed by atoms with Crippen LogP contribution in [0.2, 0.25) is 0 Å². The quantitative estimate of drug-likeness (QED) is 0.858. The Morgan fingerprint density at radius 3 is 2.40 bits per heavy atom. The second kappa shape index (κ2) is 5.00. The molecule has 20 heavy (non-hydrogen) atoms. The molecule has 102 valence electrons. The second-order valence-corrected chi connectivity index (χ2v) is 5.59. The highest BCUT2D eigenvalue weighted by Gasteiger charge is 2.47. The summed E-state index contributed by atoms with van der Waals surface area (Å²) in [5.41, 5.74) is 7.02. The minimum atomic E-state index is -0.699. The Morgan fingerprint density at radius 2 is 1.75 bits per heavy atom. The molecule has 1 aliphatic rings. The number of benzene rings is 2. The Balaban J connectivity index is 2.00. The first-order valence-corrected chi connectivity index (χ1v) is 6.97. The van der Waals surface area contributed by atoms with E-state index in [-0.39, 0.29) is 11.7 Å². The molecule has 2 unspecified atom stereocenters. The van der Waals surface area contributed by atoms with E-state index in [1.807, 2.05) is 24.3 Å². The van der Waals surface area contributed by atoms with E-state index in [0.717, 1.165) is 4.47 Å². The van der Waals surface area contributed by atoms with Crippen molar-refractivity contribution in [2.24, 2.45) is 5.73 Å². The number of nitrogens with two attached hydrogens (primary N) is 1. The maximum absolute atomic E-state index is 13.9. The van der Waals surface area contributed by atoms with Crippen molar-refractivity contribution >= 4 is 27.5 Å². The summed E-state index contributed by atoms with van der Waals surface area (Å²) in [5.74, 6) is -0.539. The number of anilines is 1. The van der Waals surface area contributed by atoms with Crippen molar-refractivity contribution in [2.45, 2.75) is 12.1 Å². The van der Waals surface area contributed by atoms with E-state index in [1.165, 1.54) is 11.0 Å². The summed E-state index contributed by atoms with van der Waals surface area (Å²) in [6.07, 6.45) is 0. The third kappa shape index (κ3) is 2.03. The SMILES string of the molecule is NC1C(=O)N(c2ccc(Br)cc2)C1c1ccccc1F. The van der Waals surface area contributed by atoms with Gasteiger partial charge in [0.15, 0.2) is 0 Å². The summed E-state index contributed by atoms with van der Waals surface area (Å²) in [7, 11) is 0. The topological polar surface area (TPSA) is 46.3 Å². The van der Waals surface area contributed by atoms with Gasteiger partial charge in [-0.15, -0.1) is 0 Å². The van der Waals surface area contributed by atoms with E-state index in [1.54, 1.807) is 18.2 Å². The lowest BCUT2D eigenvalue weighted by Gasteiger charge is -2.45. The van der Waals surface area contributed by atoms with Gasteiger partial charge in [-0.05, 0) is 30.3 Å². The van der Waals surface area contributed by atoms with Gasteiger partial charge < -0.3 is 10.6 Å². The van der Waals surface area contributed by atoms with Crippen molar-refractivity contribution in [3.8, 4) is 0 Å². The summed E-state index contributed by atoms with van der Waals surface area (Å²) >= 11 is 3.34. The van der Waals surface area contributed by atoms with Crippen LogP contribution in [0.1, 0.15) is 11.6 Å². The molecule has 3 nitrogen and oxygen atoms in total. The molecule has 1 saturated heterocycles. The van der Waals surface area contributed by atoms with Gasteiger partial charge in [-0.2, -0.15) is 0 Å². The van der Waals surface area contributed by atoms with E-state index in [2.05, 4.69) is 15.9 Å². The zero-order chi connectivity index (χ0) is 14.3. The van der Waals surface area contributed by atoms with Crippen molar-refractivity contribution < 1.29 is 9.18 Å². The van der Waals surface area contributed by atoms with Crippen LogP contribution >= 0.6 is 15.9 Å². The molecule has 0 aromatic heterocycles. The monoisotopic (exact) mass is 334 g/mol. The predicted octanol–water partition coefficient (Wildman–Crippen LogP) is 3.00. The van der Waals surface area contributed by atoms with Gasteiger partial charge in [0.05, 0.1) is 6.04 Å². The molecule has 0 radical (unpaired) electrons.